The van der Waals surface area contributed by atoms with Crippen LogP contribution in [0, 0.1) is 0 Å². The van der Waals surface area contributed by atoms with Gasteiger partial charge in [-0.25, -0.2) is 0 Å². The summed E-state index contributed by atoms with van der Waals surface area (Å²) >= 11 is 0. The lowest BCUT2D eigenvalue weighted by Crippen LogP contribution is -2.23. The summed E-state index contributed by atoms with van der Waals surface area (Å²) in [7, 11) is 0. The molecule has 0 bridgehead atoms. The molecular weight excluding hydrogens is 270 g/mol. The minimum atomic E-state index is -0.675. The first kappa shape index (κ1) is 16.7. The average molecular weight is 291 g/mol. The van der Waals surface area contributed by atoms with Gasteiger partial charge in [-0.15, -0.1) is 0 Å². The number of hydrogen-bond donors (Lipinski definition) is 3. The number of rotatable bonds is 3. The Morgan fingerprint density at radius 2 is 1.43 bits per heavy atom. The second-order valence-corrected chi connectivity index (χ2v) is 5.89. The fourth-order valence-corrected chi connectivity index (χ4v) is 2.04. The van der Waals surface area contributed by atoms with Crippen LogP contribution in [0.15, 0.2) is 12.1 Å². The van der Waals surface area contributed by atoms with Gasteiger partial charge in [-0.1, -0.05) is 26.8 Å². The summed E-state index contributed by atoms with van der Waals surface area (Å²) in [5, 5.41) is 5.27. The molecule has 0 radical (unpaired) electrons. The van der Waals surface area contributed by atoms with Crippen molar-refractivity contribution in [3.63, 3.8) is 0 Å². The number of carbonyl (C=O) groups excluding carboxylic acids is 3. The molecule has 0 saturated heterocycles. The van der Waals surface area contributed by atoms with Gasteiger partial charge in [0.15, 0.2) is 0 Å². The molecule has 0 saturated carbocycles. The Morgan fingerprint density at radius 3 is 1.81 bits per heavy atom. The number of nitrogens with two attached hydrogens (primary N) is 1. The molecule has 0 aliphatic rings. The number of amides is 3. The Morgan fingerprint density at radius 1 is 0.952 bits per heavy atom. The van der Waals surface area contributed by atoms with Crippen molar-refractivity contribution in [1.29, 1.82) is 0 Å². The predicted molar refractivity (Wildman–Crippen MR) is 82.3 cm³/mol. The zero-order valence-electron chi connectivity index (χ0n) is 13.0. The molecule has 0 aliphatic heterocycles. The number of hydrogen-bond acceptors (Lipinski definition) is 3. The monoisotopic (exact) mass is 291 g/mol. The Balaban J connectivity index is 3.67. The van der Waals surface area contributed by atoms with Crippen molar-refractivity contribution in [3.8, 4) is 0 Å². The van der Waals surface area contributed by atoms with Crippen LogP contribution in [0.2, 0.25) is 0 Å². The van der Waals surface area contributed by atoms with Crippen molar-refractivity contribution in [1.82, 2.24) is 0 Å². The maximum atomic E-state index is 11.6. The van der Waals surface area contributed by atoms with Crippen LogP contribution in [0.5, 0.6) is 0 Å². The third kappa shape index (κ3) is 4.05. The molecule has 0 fully saturated rings. The third-order valence-corrected chi connectivity index (χ3v) is 2.88. The maximum absolute atomic E-state index is 11.6. The Kier molecular flexibility index (Phi) is 4.73. The molecule has 4 N–H and O–H groups in total. The van der Waals surface area contributed by atoms with E-state index in [-0.39, 0.29) is 28.5 Å². The van der Waals surface area contributed by atoms with Gasteiger partial charge in [0.05, 0.1) is 16.9 Å². The van der Waals surface area contributed by atoms with E-state index in [1.165, 1.54) is 13.8 Å². The number of anilines is 2. The van der Waals surface area contributed by atoms with E-state index in [2.05, 4.69) is 10.6 Å². The average Bonchev–Trinajstić information content (AvgIpc) is 2.27. The van der Waals surface area contributed by atoms with Crippen molar-refractivity contribution in [2.75, 3.05) is 10.6 Å². The van der Waals surface area contributed by atoms with Crippen LogP contribution in [0.25, 0.3) is 0 Å². The van der Waals surface area contributed by atoms with Crippen LogP contribution in [0.1, 0.15) is 50.5 Å². The van der Waals surface area contributed by atoms with Gasteiger partial charge in [0.2, 0.25) is 11.8 Å². The number of primary amides is 1. The number of carbonyl (C=O) groups is 3. The van der Waals surface area contributed by atoms with Gasteiger partial charge in [0.1, 0.15) is 0 Å². The van der Waals surface area contributed by atoms with Gasteiger partial charge in [-0.2, -0.15) is 0 Å². The summed E-state index contributed by atoms with van der Waals surface area (Å²) in [6.07, 6.45) is 0. The molecule has 1 aromatic rings. The highest BCUT2D eigenvalue weighted by Gasteiger charge is 2.25. The topological polar surface area (TPSA) is 101 Å². The lowest BCUT2D eigenvalue weighted by Gasteiger charge is -2.26. The quantitative estimate of drug-likeness (QED) is 0.793. The standard InChI is InChI=1S/C15H21N3O3/c1-8(19)17-12-10(14(16)21)6-7-11(15(3,4)5)13(12)18-9(2)20/h6-7H,1-5H3,(H2,16,21)(H,17,19)(H,18,20). The second kappa shape index (κ2) is 5.95. The van der Waals surface area contributed by atoms with Crippen molar-refractivity contribution < 1.29 is 14.4 Å². The molecular formula is C15H21N3O3. The van der Waals surface area contributed by atoms with E-state index < -0.39 is 5.91 Å². The smallest absolute Gasteiger partial charge is 0.250 e. The largest absolute Gasteiger partial charge is 0.366 e. The molecule has 1 rings (SSSR count). The normalized spacial score (nSPS) is 10.9. The Hall–Kier alpha value is -2.37. The van der Waals surface area contributed by atoms with E-state index in [9.17, 15) is 14.4 Å². The maximum Gasteiger partial charge on any atom is 0.250 e. The highest BCUT2D eigenvalue weighted by atomic mass is 16.2. The molecule has 6 nitrogen and oxygen atoms in total. The molecule has 21 heavy (non-hydrogen) atoms. The molecule has 0 aliphatic carbocycles. The van der Waals surface area contributed by atoms with Gasteiger partial charge < -0.3 is 16.4 Å². The van der Waals surface area contributed by atoms with E-state index in [1.807, 2.05) is 20.8 Å². The van der Waals surface area contributed by atoms with E-state index in [0.29, 0.717) is 5.69 Å². The second-order valence-electron chi connectivity index (χ2n) is 5.89. The SMILES string of the molecule is CC(=O)Nc1c(C(N)=O)ccc(C(C)(C)C)c1NC(C)=O. The van der Waals surface area contributed by atoms with Crippen molar-refractivity contribution in [2.45, 2.75) is 40.0 Å². The van der Waals surface area contributed by atoms with Crippen LogP contribution >= 0.6 is 0 Å². The fourth-order valence-electron chi connectivity index (χ4n) is 2.04. The van der Waals surface area contributed by atoms with Crippen LogP contribution in [0.4, 0.5) is 11.4 Å². The highest BCUT2D eigenvalue weighted by Crippen LogP contribution is 2.37. The van der Waals surface area contributed by atoms with Crippen molar-refractivity contribution in [2.24, 2.45) is 5.73 Å². The lowest BCUT2D eigenvalue weighted by molar-refractivity contribution is -0.115. The van der Waals surface area contributed by atoms with Crippen LogP contribution in [-0.4, -0.2) is 17.7 Å². The van der Waals surface area contributed by atoms with Crippen LogP contribution in [-0.2, 0) is 15.0 Å². The molecule has 3 amide bonds. The van der Waals surface area contributed by atoms with E-state index in [4.69, 9.17) is 5.73 Å². The van der Waals surface area contributed by atoms with Gasteiger partial charge >= 0.3 is 0 Å². The fraction of sp³-hybridized carbons (Fsp3) is 0.400. The Labute approximate surface area is 124 Å². The minimum Gasteiger partial charge on any atom is -0.366 e. The first-order valence-electron chi connectivity index (χ1n) is 6.56. The zero-order valence-corrected chi connectivity index (χ0v) is 13.0. The zero-order chi connectivity index (χ0) is 16.4. The molecule has 0 atom stereocenters. The predicted octanol–water partition coefficient (Wildman–Crippen LogP) is 2.00. The first-order chi connectivity index (χ1) is 9.54. The summed E-state index contributed by atoms with van der Waals surface area (Å²) < 4.78 is 0. The molecule has 0 unspecified atom stereocenters. The Bertz CT molecular complexity index is 601. The molecule has 6 heteroatoms. The molecule has 0 aromatic heterocycles. The van der Waals surface area contributed by atoms with Crippen molar-refractivity contribution >= 4 is 29.1 Å². The summed E-state index contributed by atoms with van der Waals surface area (Å²) in [6.45, 7) is 8.59. The van der Waals surface area contributed by atoms with E-state index in [1.54, 1.807) is 12.1 Å². The van der Waals surface area contributed by atoms with Gasteiger partial charge in [-0.05, 0) is 17.0 Å². The molecule has 1 aromatic carbocycles. The van der Waals surface area contributed by atoms with Gasteiger partial charge in [0.25, 0.3) is 5.91 Å². The first-order valence-corrected chi connectivity index (χ1v) is 6.56. The summed E-state index contributed by atoms with van der Waals surface area (Å²) in [5.74, 6) is -1.32. The number of nitrogens with one attached hydrogen (secondary N) is 2. The van der Waals surface area contributed by atoms with Gasteiger partial charge in [0, 0.05) is 13.8 Å². The molecule has 114 valence electrons. The summed E-state index contributed by atoms with van der Waals surface area (Å²) in [6, 6.07) is 3.29. The van der Waals surface area contributed by atoms with Crippen LogP contribution < -0.4 is 16.4 Å². The van der Waals surface area contributed by atoms with Crippen molar-refractivity contribution in [3.05, 3.63) is 23.3 Å². The third-order valence-electron chi connectivity index (χ3n) is 2.88. The van der Waals surface area contributed by atoms with Crippen LogP contribution in [0.3, 0.4) is 0 Å². The minimum absolute atomic E-state index is 0.155. The highest BCUT2D eigenvalue weighted by molar-refractivity contribution is 6.09. The molecule has 0 heterocycles. The summed E-state index contributed by atoms with van der Waals surface area (Å²) in [4.78, 5) is 34.4. The van der Waals surface area contributed by atoms with E-state index in [0.717, 1.165) is 5.56 Å². The van der Waals surface area contributed by atoms with Gasteiger partial charge in [-0.3, -0.25) is 14.4 Å². The summed E-state index contributed by atoms with van der Waals surface area (Å²) in [5.41, 5.74) is 6.65. The molecule has 0 spiro atoms. The van der Waals surface area contributed by atoms with E-state index >= 15 is 0 Å². The number of benzene rings is 1. The lowest BCUT2D eigenvalue weighted by atomic mass is 9.84.